The summed E-state index contributed by atoms with van der Waals surface area (Å²) in [6, 6.07) is 9.01. The summed E-state index contributed by atoms with van der Waals surface area (Å²) in [7, 11) is -2.83. The van der Waals surface area contributed by atoms with Gasteiger partial charge in [-0.2, -0.15) is 0 Å². The summed E-state index contributed by atoms with van der Waals surface area (Å²) < 4.78 is 23.1. The molecule has 0 spiro atoms. The molecule has 0 aliphatic carbocycles. The molecular weight excluding hydrogens is 282 g/mol. The van der Waals surface area contributed by atoms with Crippen LogP contribution in [0.1, 0.15) is 44.2 Å². The molecule has 1 rings (SSSR count). The fraction of sp³-hybridized carbons (Fsp3) is 0.647. The maximum atomic E-state index is 11.5. The lowest BCUT2D eigenvalue weighted by Crippen LogP contribution is -2.30. The second-order valence-electron chi connectivity index (χ2n) is 5.66. The third-order valence-corrected chi connectivity index (χ3v) is 5.59. The van der Waals surface area contributed by atoms with Gasteiger partial charge in [0, 0.05) is 11.8 Å². The van der Waals surface area contributed by atoms with Gasteiger partial charge in [0.2, 0.25) is 0 Å². The highest BCUT2D eigenvalue weighted by molar-refractivity contribution is 7.91. The van der Waals surface area contributed by atoms with E-state index in [9.17, 15) is 8.42 Å². The van der Waals surface area contributed by atoms with Crippen LogP contribution in [0.2, 0.25) is 0 Å². The van der Waals surface area contributed by atoms with Gasteiger partial charge in [-0.3, -0.25) is 0 Å². The molecule has 1 unspecified atom stereocenters. The summed E-state index contributed by atoms with van der Waals surface area (Å²) in [6.45, 7) is 6.86. The van der Waals surface area contributed by atoms with Crippen molar-refractivity contribution in [1.82, 2.24) is 5.32 Å². The highest BCUT2D eigenvalue weighted by Crippen LogP contribution is 2.11. The number of aryl methyl sites for hydroxylation is 2. The molecule has 1 aromatic rings. The number of sulfone groups is 1. The van der Waals surface area contributed by atoms with Gasteiger partial charge in [0.25, 0.3) is 0 Å². The molecule has 1 aromatic carbocycles. The molecule has 0 saturated carbocycles. The third-order valence-electron chi connectivity index (χ3n) is 3.80. The van der Waals surface area contributed by atoms with E-state index in [1.54, 1.807) is 6.92 Å². The zero-order chi connectivity index (χ0) is 15.7. The summed E-state index contributed by atoms with van der Waals surface area (Å²) in [5.74, 6) is 0.567. The molecular formula is C17H29NO2S. The van der Waals surface area contributed by atoms with Crippen molar-refractivity contribution in [2.24, 2.45) is 0 Å². The lowest BCUT2D eigenvalue weighted by Gasteiger charge is -2.18. The van der Waals surface area contributed by atoms with Crippen LogP contribution >= 0.6 is 0 Å². The lowest BCUT2D eigenvalue weighted by atomic mass is 10.0. The topological polar surface area (TPSA) is 46.2 Å². The molecule has 0 fully saturated rings. The van der Waals surface area contributed by atoms with Crippen LogP contribution in [0.3, 0.4) is 0 Å². The number of benzene rings is 1. The van der Waals surface area contributed by atoms with Crippen LogP contribution in [-0.2, 0) is 16.3 Å². The molecule has 3 nitrogen and oxygen atoms in total. The highest BCUT2D eigenvalue weighted by atomic mass is 32.2. The maximum Gasteiger partial charge on any atom is 0.150 e. The van der Waals surface area contributed by atoms with Crippen LogP contribution < -0.4 is 5.32 Å². The average molecular weight is 311 g/mol. The first-order valence-electron chi connectivity index (χ1n) is 7.96. The molecule has 1 N–H and O–H groups in total. The summed E-state index contributed by atoms with van der Waals surface area (Å²) in [5.41, 5.74) is 2.65. The summed E-state index contributed by atoms with van der Waals surface area (Å²) >= 11 is 0. The van der Waals surface area contributed by atoms with E-state index in [0.29, 0.717) is 11.8 Å². The minimum atomic E-state index is -2.83. The number of hydrogen-bond acceptors (Lipinski definition) is 3. The van der Waals surface area contributed by atoms with Gasteiger partial charge in [-0.1, -0.05) is 43.7 Å². The standard InChI is InChI=1S/C17H29NO2S/c1-4-18-17(10-7-13-21(19,20)5-2)12-11-16-9-6-8-15(3)14-16/h6,8-9,14,17-18H,4-5,7,10-13H2,1-3H3. The van der Waals surface area contributed by atoms with Gasteiger partial charge < -0.3 is 5.32 Å². The van der Waals surface area contributed by atoms with Gasteiger partial charge in [-0.25, -0.2) is 8.42 Å². The summed E-state index contributed by atoms with van der Waals surface area (Å²) in [5, 5.41) is 3.48. The van der Waals surface area contributed by atoms with Crippen LogP contribution in [0.15, 0.2) is 24.3 Å². The SMILES string of the molecule is CCNC(CCCS(=O)(=O)CC)CCc1cccc(C)c1. The van der Waals surface area contributed by atoms with Crippen LogP contribution in [0.5, 0.6) is 0 Å². The Labute approximate surface area is 130 Å². The van der Waals surface area contributed by atoms with Crippen molar-refractivity contribution >= 4 is 9.84 Å². The smallest absolute Gasteiger partial charge is 0.150 e. The summed E-state index contributed by atoms with van der Waals surface area (Å²) in [6.07, 6.45) is 3.78. The fourth-order valence-corrected chi connectivity index (χ4v) is 3.43. The fourth-order valence-electron chi connectivity index (χ4n) is 2.54. The third kappa shape index (κ3) is 7.63. The van der Waals surface area contributed by atoms with Crippen molar-refractivity contribution in [3.05, 3.63) is 35.4 Å². The second kappa shape index (κ2) is 9.21. The number of nitrogens with one attached hydrogen (secondary N) is 1. The number of rotatable bonds is 10. The Morgan fingerprint density at radius 2 is 1.95 bits per heavy atom. The minimum Gasteiger partial charge on any atom is -0.314 e. The van der Waals surface area contributed by atoms with Gasteiger partial charge in [0.1, 0.15) is 9.84 Å². The first kappa shape index (κ1) is 18.2. The van der Waals surface area contributed by atoms with Gasteiger partial charge in [-0.05, 0) is 44.7 Å². The highest BCUT2D eigenvalue weighted by Gasteiger charge is 2.11. The van der Waals surface area contributed by atoms with Crippen LogP contribution in [0.25, 0.3) is 0 Å². The van der Waals surface area contributed by atoms with E-state index in [4.69, 9.17) is 0 Å². The predicted molar refractivity (Wildman–Crippen MR) is 90.5 cm³/mol. The average Bonchev–Trinajstić information content (AvgIpc) is 2.45. The zero-order valence-corrected chi connectivity index (χ0v) is 14.4. The van der Waals surface area contributed by atoms with Crippen LogP contribution in [-0.4, -0.2) is 32.5 Å². The van der Waals surface area contributed by atoms with E-state index in [1.807, 2.05) is 0 Å². The molecule has 0 saturated heterocycles. The predicted octanol–water partition coefficient (Wildman–Crippen LogP) is 3.12. The van der Waals surface area contributed by atoms with Gasteiger partial charge in [0.05, 0.1) is 5.75 Å². The quantitative estimate of drug-likeness (QED) is 0.722. The molecule has 21 heavy (non-hydrogen) atoms. The van der Waals surface area contributed by atoms with Gasteiger partial charge >= 0.3 is 0 Å². The molecule has 0 amide bonds. The first-order valence-corrected chi connectivity index (χ1v) is 9.78. The molecule has 0 aliphatic heterocycles. The van der Waals surface area contributed by atoms with Crippen LogP contribution in [0, 0.1) is 6.92 Å². The van der Waals surface area contributed by atoms with Crippen LogP contribution in [0.4, 0.5) is 0 Å². The Morgan fingerprint density at radius 1 is 1.19 bits per heavy atom. The van der Waals surface area contributed by atoms with E-state index in [-0.39, 0.29) is 5.75 Å². The Kier molecular flexibility index (Phi) is 7.97. The zero-order valence-electron chi connectivity index (χ0n) is 13.6. The summed E-state index contributed by atoms with van der Waals surface area (Å²) in [4.78, 5) is 0. The molecule has 0 bridgehead atoms. The number of hydrogen-bond donors (Lipinski definition) is 1. The van der Waals surface area contributed by atoms with E-state index in [2.05, 4.69) is 43.4 Å². The Hall–Kier alpha value is -0.870. The monoisotopic (exact) mass is 311 g/mol. The minimum absolute atomic E-state index is 0.252. The van der Waals surface area contributed by atoms with Crippen molar-refractivity contribution in [3.63, 3.8) is 0 Å². The van der Waals surface area contributed by atoms with E-state index < -0.39 is 9.84 Å². The normalized spacial score (nSPS) is 13.3. The molecule has 0 radical (unpaired) electrons. The van der Waals surface area contributed by atoms with Gasteiger partial charge in [-0.15, -0.1) is 0 Å². The molecule has 0 aliphatic rings. The molecule has 1 atom stereocenters. The molecule has 0 heterocycles. The van der Waals surface area contributed by atoms with Crippen molar-refractivity contribution in [3.8, 4) is 0 Å². The molecule has 120 valence electrons. The maximum absolute atomic E-state index is 11.5. The Bertz CT molecular complexity index is 511. The van der Waals surface area contributed by atoms with Crippen molar-refractivity contribution in [2.75, 3.05) is 18.1 Å². The molecule has 4 heteroatoms. The van der Waals surface area contributed by atoms with E-state index >= 15 is 0 Å². The molecule has 0 aromatic heterocycles. The Morgan fingerprint density at radius 3 is 2.57 bits per heavy atom. The lowest BCUT2D eigenvalue weighted by molar-refractivity contribution is 0.459. The van der Waals surface area contributed by atoms with Gasteiger partial charge in [0.15, 0.2) is 0 Å². The first-order chi connectivity index (χ1) is 9.96. The van der Waals surface area contributed by atoms with Crippen molar-refractivity contribution in [2.45, 2.75) is 52.5 Å². The largest absolute Gasteiger partial charge is 0.314 e. The van der Waals surface area contributed by atoms with E-state index in [0.717, 1.165) is 32.2 Å². The second-order valence-corrected chi connectivity index (χ2v) is 8.13. The van der Waals surface area contributed by atoms with Crippen molar-refractivity contribution in [1.29, 1.82) is 0 Å². The Balaban J connectivity index is 2.42. The van der Waals surface area contributed by atoms with E-state index in [1.165, 1.54) is 11.1 Å². The van der Waals surface area contributed by atoms with Crippen molar-refractivity contribution < 1.29 is 8.42 Å².